The number of aryl methyl sites for hydroxylation is 2. The number of phenols is 2. The van der Waals surface area contributed by atoms with Gasteiger partial charge in [-0.05, 0) is 55.3 Å². The van der Waals surface area contributed by atoms with Crippen LogP contribution in [0.1, 0.15) is 42.2 Å². The summed E-state index contributed by atoms with van der Waals surface area (Å²) in [7, 11) is 0. The lowest BCUT2D eigenvalue weighted by Crippen LogP contribution is -2.16. The molecule has 0 saturated carbocycles. The summed E-state index contributed by atoms with van der Waals surface area (Å²) in [5.41, 5.74) is 0.803. The van der Waals surface area contributed by atoms with Gasteiger partial charge in [-0.25, -0.2) is 14.4 Å². The lowest BCUT2D eigenvalue weighted by molar-refractivity contribution is 0.0394. The molecule has 0 atom stereocenters. The van der Waals surface area contributed by atoms with Crippen LogP contribution in [0.2, 0.25) is 0 Å². The molecule has 7 nitrogen and oxygen atoms in total. The summed E-state index contributed by atoms with van der Waals surface area (Å²) >= 11 is 0. The number of carbonyl (C=O) groups is 3. The second kappa shape index (κ2) is 8.48. The fourth-order valence-electron chi connectivity index (χ4n) is 2.71. The number of aromatic hydroxyl groups is 2. The molecule has 0 amide bonds. The molecule has 0 spiro atoms. The summed E-state index contributed by atoms with van der Waals surface area (Å²) < 4.78 is 10.1. The van der Waals surface area contributed by atoms with Gasteiger partial charge in [-0.15, -0.1) is 0 Å². The van der Waals surface area contributed by atoms with E-state index in [2.05, 4.69) is 0 Å². The van der Waals surface area contributed by atoms with Crippen LogP contribution in [0.3, 0.4) is 0 Å². The van der Waals surface area contributed by atoms with Gasteiger partial charge in [0, 0.05) is 0 Å². The zero-order valence-corrected chi connectivity index (χ0v) is 16.2. The summed E-state index contributed by atoms with van der Waals surface area (Å²) in [6.45, 7) is 3.36. The number of hydrogen-bond donors (Lipinski definition) is 2. The highest BCUT2D eigenvalue weighted by molar-refractivity contribution is 6.05. The maximum absolute atomic E-state index is 12.5. The first-order valence-corrected chi connectivity index (χ1v) is 8.94. The summed E-state index contributed by atoms with van der Waals surface area (Å²) in [6.07, 6.45) is 0. The SMILES string of the molecule is Cc1ccc(C(=O)OC(=O)c2ccccc2OC(=O)c2cccc(C)c2O)c(O)c1. The monoisotopic (exact) mass is 406 g/mol. The molecule has 3 aromatic carbocycles. The zero-order valence-electron chi connectivity index (χ0n) is 16.2. The average molecular weight is 406 g/mol. The normalized spacial score (nSPS) is 10.3. The Morgan fingerprint density at radius 3 is 2.13 bits per heavy atom. The molecule has 0 bridgehead atoms. The second-order valence-electron chi connectivity index (χ2n) is 6.55. The molecule has 0 saturated heterocycles. The highest BCUT2D eigenvalue weighted by Gasteiger charge is 2.23. The van der Waals surface area contributed by atoms with E-state index in [4.69, 9.17) is 9.47 Å². The Bertz CT molecular complexity index is 1150. The molecule has 7 heteroatoms. The number of benzene rings is 3. The van der Waals surface area contributed by atoms with Crippen molar-refractivity contribution in [1.82, 2.24) is 0 Å². The van der Waals surface area contributed by atoms with Crippen LogP contribution in [0.5, 0.6) is 17.2 Å². The Morgan fingerprint density at radius 2 is 1.40 bits per heavy atom. The van der Waals surface area contributed by atoms with E-state index in [9.17, 15) is 24.6 Å². The first-order valence-electron chi connectivity index (χ1n) is 8.94. The molecule has 0 aliphatic carbocycles. The number of ether oxygens (including phenoxy) is 2. The number of rotatable bonds is 4. The Morgan fingerprint density at radius 1 is 0.733 bits per heavy atom. The third-order valence-corrected chi connectivity index (χ3v) is 4.33. The minimum atomic E-state index is -1.06. The smallest absolute Gasteiger partial charge is 0.349 e. The van der Waals surface area contributed by atoms with Gasteiger partial charge in [-0.3, -0.25) is 0 Å². The molecular formula is C23H18O7. The highest BCUT2D eigenvalue weighted by atomic mass is 16.6. The van der Waals surface area contributed by atoms with Gasteiger partial charge in [-0.2, -0.15) is 0 Å². The van der Waals surface area contributed by atoms with Crippen LogP contribution in [0.25, 0.3) is 0 Å². The van der Waals surface area contributed by atoms with Crippen molar-refractivity contribution in [3.63, 3.8) is 0 Å². The standard InChI is InChI=1S/C23H18O7/c1-13-10-11-15(18(24)12-13)21(26)30-22(27)16-7-3-4-9-19(16)29-23(28)17-8-5-6-14(2)20(17)25/h3-12,24-25H,1-2H3. The van der Waals surface area contributed by atoms with Crippen molar-refractivity contribution >= 4 is 17.9 Å². The number of carbonyl (C=O) groups excluding carboxylic acids is 3. The molecular weight excluding hydrogens is 388 g/mol. The summed E-state index contributed by atoms with van der Waals surface area (Å²) in [5, 5.41) is 19.9. The van der Waals surface area contributed by atoms with E-state index in [-0.39, 0.29) is 33.9 Å². The number of phenolic OH excluding ortho intramolecular Hbond substituents is 2. The van der Waals surface area contributed by atoms with Crippen molar-refractivity contribution in [1.29, 1.82) is 0 Å². The number of para-hydroxylation sites is 2. The van der Waals surface area contributed by atoms with Crippen molar-refractivity contribution in [2.24, 2.45) is 0 Å². The van der Waals surface area contributed by atoms with Gasteiger partial charge in [0.1, 0.15) is 33.9 Å². The molecule has 2 N–H and O–H groups in total. The predicted octanol–water partition coefficient (Wildman–Crippen LogP) is 3.93. The van der Waals surface area contributed by atoms with E-state index in [0.717, 1.165) is 5.56 Å². The van der Waals surface area contributed by atoms with E-state index < -0.39 is 17.9 Å². The van der Waals surface area contributed by atoms with Crippen molar-refractivity contribution < 1.29 is 34.1 Å². The minimum Gasteiger partial charge on any atom is -0.507 e. The van der Waals surface area contributed by atoms with Crippen molar-refractivity contribution in [2.75, 3.05) is 0 Å². The van der Waals surface area contributed by atoms with E-state index in [1.54, 1.807) is 32.0 Å². The van der Waals surface area contributed by atoms with Gasteiger partial charge >= 0.3 is 17.9 Å². The summed E-state index contributed by atoms with van der Waals surface area (Å²) in [6, 6.07) is 14.6. The molecule has 0 aliphatic rings. The molecule has 0 radical (unpaired) electrons. The summed E-state index contributed by atoms with van der Waals surface area (Å²) in [5.74, 6) is -3.67. The van der Waals surface area contributed by atoms with E-state index in [1.165, 1.54) is 42.5 Å². The topological polar surface area (TPSA) is 110 Å². The first-order chi connectivity index (χ1) is 14.3. The maximum atomic E-state index is 12.5. The molecule has 0 aliphatic heterocycles. The largest absolute Gasteiger partial charge is 0.507 e. The molecule has 3 aromatic rings. The van der Waals surface area contributed by atoms with E-state index >= 15 is 0 Å². The fourth-order valence-corrected chi connectivity index (χ4v) is 2.71. The van der Waals surface area contributed by atoms with Gasteiger partial charge in [-0.1, -0.05) is 30.3 Å². The molecule has 0 heterocycles. The minimum absolute atomic E-state index is 0.0705. The van der Waals surface area contributed by atoms with Gasteiger partial charge in [0.2, 0.25) is 0 Å². The first kappa shape index (κ1) is 20.6. The lowest BCUT2D eigenvalue weighted by atomic mass is 10.1. The van der Waals surface area contributed by atoms with Crippen LogP contribution in [-0.4, -0.2) is 28.1 Å². The average Bonchev–Trinajstić information content (AvgIpc) is 2.70. The lowest BCUT2D eigenvalue weighted by Gasteiger charge is -2.11. The third kappa shape index (κ3) is 4.30. The van der Waals surface area contributed by atoms with Gasteiger partial charge in [0.05, 0.1) is 0 Å². The van der Waals surface area contributed by atoms with Crippen LogP contribution in [0.15, 0.2) is 60.7 Å². The zero-order chi connectivity index (χ0) is 21.8. The Balaban J connectivity index is 1.82. The summed E-state index contributed by atoms with van der Waals surface area (Å²) in [4.78, 5) is 37.2. The van der Waals surface area contributed by atoms with Crippen molar-refractivity contribution in [3.8, 4) is 17.2 Å². The fraction of sp³-hybridized carbons (Fsp3) is 0.0870. The third-order valence-electron chi connectivity index (χ3n) is 4.33. The highest BCUT2D eigenvalue weighted by Crippen LogP contribution is 2.26. The van der Waals surface area contributed by atoms with Crippen LogP contribution < -0.4 is 4.74 Å². The van der Waals surface area contributed by atoms with E-state index in [1.807, 2.05) is 0 Å². The molecule has 0 fully saturated rings. The van der Waals surface area contributed by atoms with Crippen molar-refractivity contribution in [2.45, 2.75) is 13.8 Å². The van der Waals surface area contributed by atoms with Crippen LogP contribution in [0.4, 0.5) is 0 Å². The van der Waals surface area contributed by atoms with Crippen LogP contribution >= 0.6 is 0 Å². The Labute approximate surface area is 172 Å². The van der Waals surface area contributed by atoms with Gasteiger partial charge < -0.3 is 19.7 Å². The number of esters is 3. The molecule has 0 aromatic heterocycles. The molecule has 152 valence electrons. The van der Waals surface area contributed by atoms with Crippen LogP contribution in [-0.2, 0) is 4.74 Å². The molecule has 30 heavy (non-hydrogen) atoms. The maximum Gasteiger partial charge on any atom is 0.349 e. The molecule has 0 unspecified atom stereocenters. The Kier molecular flexibility index (Phi) is 5.83. The Hall–Kier alpha value is -4.13. The predicted molar refractivity (Wildman–Crippen MR) is 107 cm³/mol. The molecule has 3 rings (SSSR count). The van der Waals surface area contributed by atoms with Crippen molar-refractivity contribution in [3.05, 3.63) is 88.5 Å². The second-order valence-corrected chi connectivity index (χ2v) is 6.55. The van der Waals surface area contributed by atoms with Gasteiger partial charge in [0.25, 0.3) is 0 Å². The quantitative estimate of drug-likeness (QED) is 0.384. The van der Waals surface area contributed by atoms with E-state index in [0.29, 0.717) is 5.56 Å². The van der Waals surface area contributed by atoms with Crippen LogP contribution in [0, 0.1) is 13.8 Å². The van der Waals surface area contributed by atoms with Gasteiger partial charge in [0.15, 0.2) is 0 Å². The number of hydrogen-bond acceptors (Lipinski definition) is 7.